The van der Waals surface area contributed by atoms with Crippen molar-refractivity contribution in [1.82, 2.24) is 10.2 Å². The largest absolute Gasteiger partial charge is 0.467 e. The van der Waals surface area contributed by atoms with Gasteiger partial charge in [0.05, 0.1) is 25.8 Å². The fourth-order valence-corrected chi connectivity index (χ4v) is 4.57. The predicted molar refractivity (Wildman–Crippen MR) is 146 cm³/mol. The molecule has 0 saturated carbocycles. The maximum absolute atomic E-state index is 13.5. The van der Waals surface area contributed by atoms with Crippen LogP contribution in [0, 0.1) is 6.92 Å². The van der Waals surface area contributed by atoms with Crippen molar-refractivity contribution in [3.05, 3.63) is 125 Å². The summed E-state index contributed by atoms with van der Waals surface area (Å²) < 4.78 is 11.1. The van der Waals surface area contributed by atoms with E-state index in [0.717, 1.165) is 16.7 Å². The van der Waals surface area contributed by atoms with Gasteiger partial charge in [-0.05, 0) is 47.9 Å². The van der Waals surface area contributed by atoms with Gasteiger partial charge >= 0.3 is 6.09 Å². The molecule has 198 valence electrons. The molecule has 0 bridgehead atoms. The lowest BCUT2D eigenvalue weighted by Crippen LogP contribution is -2.46. The van der Waals surface area contributed by atoms with E-state index in [1.54, 1.807) is 36.4 Å². The van der Waals surface area contributed by atoms with Crippen molar-refractivity contribution in [2.75, 3.05) is 5.32 Å². The van der Waals surface area contributed by atoms with Crippen LogP contribution in [0.4, 0.5) is 10.5 Å². The van der Waals surface area contributed by atoms with E-state index in [-0.39, 0.29) is 31.3 Å². The molecule has 3 aromatic carbocycles. The Balaban J connectivity index is 1.37. The zero-order chi connectivity index (χ0) is 27.2. The maximum Gasteiger partial charge on any atom is 0.411 e. The van der Waals surface area contributed by atoms with Crippen molar-refractivity contribution in [1.29, 1.82) is 0 Å². The third kappa shape index (κ3) is 6.35. The van der Waals surface area contributed by atoms with Crippen molar-refractivity contribution in [2.45, 2.75) is 38.6 Å². The van der Waals surface area contributed by atoms with Crippen molar-refractivity contribution >= 4 is 23.6 Å². The van der Waals surface area contributed by atoms with Gasteiger partial charge in [-0.3, -0.25) is 14.5 Å². The van der Waals surface area contributed by atoms with Crippen LogP contribution in [0.2, 0.25) is 0 Å². The van der Waals surface area contributed by atoms with E-state index < -0.39 is 18.2 Å². The number of amides is 3. The molecule has 1 aliphatic rings. The number of nitrogens with one attached hydrogen (secondary N) is 2. The number of benzene rings is 3. The molecule has 0 unspecified atom stereocenters. The Morgan fingerprint density at radius 3 is 2.44 bits per heavy atom. The molecule has 0 spiro atoms. The fraction of sp³-hybridized carbons (Fsp3) is 0.194. The Kier molecular flexibility index (Phi) is 7.73. The highest BCUT2D eigenvalue weighted by molar-refractivity contribution is 5.92. The van der Waals surface area contributed by atoms with Gasteiger partial charge in [0.2, 0.25) is 11.8 Å². The zero-order valence-electron chi connectivity index (χ0n) is 21.5. The minimum Gasteiger partial charge on any atom is -0.467 e. The third-order valence-corrected chi connectivity index (χ3v) is 6.55. The van der Waals surface area contributed by atoms with E-state index in [1.165, 1.54) is 11.2 Å². The monoisotopic (exact) mass is 523 g/mol. The molecule has 5 rings (SSSR count). The average Bonchev–Trinajstić information content (AvgIpc) is 3.57. The number of nitrogens with zero attached hydrogens (tertiary/aromatic N) is 1. The number of carbonyl (C=O) groups excluding carboxylic acids is 3. The number of hydrogen-bond donors (Lipinski definition) is 2. The first-order valence-electron chi connectivity index (χ1n) is 12.7. The summed E-state index contributed by atoms with van der Waals surface area (Å²) in [5.41, 5.74) is 4.03. The Morgan fingerprint density at radius 1 is 0.897 bits per heavy atom. The Hall–Kier alpha value is -4.85. The van der Waals surface area contributed by atoms with Crippen LogP contribution in [0.15, 0.2) is 102 Å². The molecule has 1 fully saturated rings. The van der Waals surface area contributed by atoms with Crippen LogP contribution in [0.5, 0.6) is 0 Å². The number of aryl methyl sites for hydroxylation is 1. The lowest BCUT2D eigenvalue weighted by atomic mass is 10.00. The van der Waals surface area contributed by atoms with Crippen LogP contribution in [-0.4, -0.2) is 28.8 Å². The maximum atomic E-state index is 13.5. The molecule has 4 aromatic rings. The topological polar surface area (TPSA) is 101 Å². The number of furan rings is 1. The van der Waals surface area contributed by atoms with E-state index in [9.17, 15) is 14.4 Å². The molecule has 39 heavy (non-hydrogen) atoms. The number of carbonyl (C=O) groups is 3. The lowest BCUT2D eigenvalue weighted by Gasteiger charge is -2.24. The summed E-state index contributed by atoms with van der Waals surface area (Å²) in [6.45, 7) is 2.37. The third-order valence-electron chi connectivity index (χ3n) is 6.55. The highest BCUT2D eigenvalue weighted by atomic mass is 16.6. The minimum atomic E-state index is -0.927. The Labute approximate surface area is 226 Å². The molecule has 1 saturated heterocycles. The summed E-state index contributed by atoms with van der Waals surface area (Å²) in [6, 6.07) is 26.9. The fourth-order valence-electron chi connectivity index (χ4n) is 4.57. The van der Waals surface area contributed by atoms with Crippen LogP contribution in [0.3, 0.4) is 0 Å². The van der Waals surface area contributed by atoms with E-state index >= 15 is 0 Å². The zero-order valence-corrected chi connectivity index (χ0v) is 21.5. The molecule has 3 amide bonds. The van der Waals surface area contributed by atoms with Gasteiger partial charge in [0.1, 0.15) is 5.76 Å². The van der Waals surface area contributed by atoms with Gasteiger partial charge < -0.3 is 19.8 Å². The highest BCUT2D eigenvalue weighted by Crippen LogP contribution is 2.35. The van der Waals surface area contributed by atoms with Crippen LogP contribution in [0.25, 0.3) is 0 Å². The van der Waals surface area contributed by atoms with Gasteiger partial charge in [0, 0.05) is 5.69 Å². The van der Waals surface area contributed by atoms with Crippen LogP contribution in [0.1, 0.15) is 34.1 Å². The second-order valence-electron chi connectivity index (χ2n) is 9.50. The number of rotatable bonds is 9. The van der Waals surface area contributed by atoms with Gasteiger partial charge in [0.15, 0.2) is 12.1 Å². The SMILES string of the molecule is Cc1ccc(CN2C(=O)O[C@H](c3cccc(NC(=O)Cc4ccccc4)c3)[C@H]2C(=O)NCc2ccco2)cc1. The summed E-state index contributed by atoms with van der Waals surface area (Å²) in [5.74, 6) is 0.0572. The summed E-state index contributed by atoms with van der Waals surface area (Å²) >= 11 is 0. The van der Waals surface area contributed by atoms with Gasteiger partial charge in [-0.15, -0.1) is 0 Å². The quantitative estimate of drug-likeness (QED) is 0.316. The van der Waals surface area contributed by atoms with E-state index in [0.29, 0.717) is 17.0 Å². The molecule has 2 heterocycles. The molecule has 0 aliphatic carbocycles. The van der Waals surface area contributed by atoms with Crippen molar-refractivity contribution < 1.29 is 23.5 Å². The first-order chi connectivity index (χ1) is 19.0. The van der Waals surface area contributed by atoms with E-state index in [2.05, 4.69) is 10.6 Å². The minimum absolute atomic E-state index is 0.171. The summed E-state index contributed by atoms with van der Waals surface area (Å²) in [5, 5.41) is 5.77. The first kappa shape index (κ1) is 25.8. The summed E-state index contributed by atoms with van der Waals surface area (Å²) in [7, 11) is 0. The smallest absolute Gasteiger partial charge is 0.411 e. The molecule has 1 aliphatic heterocycles. The molecular formula is C31H29N3O5. The molecule has 2 N–H and O–H groups in total. The average molecular weight is 524 g/mol. The lowest BCUT2D eigenvalue weighted by molar-refractivity contribution is -0.126. The number of ether oxygens (including phenoxy) is 1. The number of anilines is 1. The van der Waals surface area contributed by atoms with Crippen molar-refractivity contribution in [3.63, 3.8) is 0 Å². The van der Waals surface area contributed by atoms with Gasteiger partial charge in [0.25, 0.3) is 0 Å². The summed E-state index contributed by atoms with van der Waals surface area (Å²) in [6.07, 6.45) is 0.308. The van der Waals surface area contributed by atoms with Gasteiger partial charge in [-0.25, -0.2) is 4.79 Å². The van der Waals surface area contributed by atoms with Crippen LogP contribution < -0.4 is 10.6 Å². The molecular weight excluding hydrogens is 494 g/mol. The standard InChI is InChI=1S/C31H29N3O5/c1-21-12-14-23(15-13-21)20-34-28(30(36)32-19-26-11-6-16-38-26)29(39-31(34)37)24-9-5-10-25(18-24)33-27(35)17-22-7-3-2-4-8-22/h2-16,18,28-29H,17,19-20H2,1H3,(H,32,36)(H,33,35)/t28-,29+/m0/s1. The normalized spacial score (nSPS) is 16.5. The first-order valence-corrected chi connectivity index (χ1v) is 12.7. The Bertz CT molecular complexity index is 1430. The molecule has 2 atom stereocenters. The summed E-state index contributed by atoms with van der Waals surface area (Å²) in [4.78, 5) is 40.6. The van der Waals surface area contributed by atoms with Gasteiger partial charge in [-0.2, -0.15) is 0 Å². The molecule has 0 radical (unpaired) electrons. The second-order valence-corrected chi connectivity index (χ2v) is 9.50. The predicted octanol–water partition coefficient (Wildman–Crippen LogP) is 5.15. The molecule has 8 nitrogen and oxygen atoms in total. The van der Waals surface area contributed by atoms with E-state index in [1.807, 2.05) is 61.5 Å². The van der Waals surface area contributed by atoms with Crippen molar-refractivity contribution in [3.8, 4) is 0 Å². The number of cyclic esters (lactones) is 1. The second kappa shape index (κ2) is 11.7. The molecule has 8 heteroatoms. The van der Waals surface area contributed by atoms with Crippen LogP contribution >= 0.6 is 0 Å². The highest BCUT2D eigenvalue weighted by Gasteiger charge is 2.47. The van der Waals surface area contributed by atoms with E-state index in [4.69, 9.17) is 9.15 Å². The number of hydrogen-bond acceptors (Lipinski definition) is 5. The Morgan fingerprint density at radius 2 is 1.69 bits per heavy atom. The van der Waals surface area contributed by atoms with Crippen LogP contribution in [-0.2, 0) is 33.8 Å². The molecule has 1 aromatic heterocycles. The van der Waals surface area contributed by atoms with Gasteiger partial charge in [-0.1, -0.05) is 72.3 Å². The van der Waals surface area contributed by atoms with Crippen molar-refractivity contribution in [2.24, 2.45) is 0 Å².